The third-order valence-electron chi connectivity index (χ3n) is 3.27. The average molecular weight is 345 g/mol. The largest absolute Gasteiger partial charge is 0.493 e. The highest BCUT2D eigenvalue weighted by Crippen LogP contribution is 2.32. The first-order valence-electron chi connectivity index (χ1n) is 6.99. The van der Waals surface area contributed by atoms with E-state index in [1.165, 1.54) is 50.8 Å². The lowest BCUT2D eigenvalue weighted by atomic mass is 10.1. The van der Waals surface area contributed by atoms with Crippen molar-refractivity contribution in [1.29, 1.82) is 0 Å². The maximum atomic E-state index is 11.5. The van der Waals surface area contributed by atoms with Gasteiger partial charge in [-0.1, -0.05) is 0 Å². The van der Waals surface area contributed by atoms with Crippen molar-refractivity contribution in [3.8, 4) is 11.5 Å². The number of carbonyl (C=O) groups is 1. The molecule has 0 aromatic heterocycles. The molecule has 0 spiro atoms. The highest BCUT2D eigenvalue weighted by molar-refractivity contribution is 6.01. The lowest BCUT2D eigenvalue weighted by Gasteiger charge is -2.12. The minimum atomic E-state index is -1.19. The number of hydrogen-bond donors (Lipinski definition) is 2. The number of nitro benzene ring substituents is 1. The lowest BCUT2D eigenvalue weighted by Crippen LogP contribution is -2.07. The van der Waals surface area contributed by atoms with Gasteiger partial charge in [0.1, 0.15) is 5.56 Å². The molecule has 2 N–H and O–H groups in total. The predicted octanol–water partition coefficient (Wildman–Crippen LogP) is 2.76. The second-order valence-electron chi connectivity index (χ2n) is 4.74. The van der Waals surface area contributed by atoms with Gasteiger partial charge in [0, 0.05) is 17.7 Å². The fourth-order valence-electron chi connectivity index (χ4n) is 2.10. The molecule has 0 heterocycles. The molecular weight excluding hydrogens is 330 g/mol. The molecule has 25 heavy (non-hydrogen) atoms. The first-order chi connectivity index (χ1) is 12.0. The van der Waals surface area contributed by atoms with Crippen molar-refractivity contribution in [2.45, 2.75) is 0 Å². The van der Waals surface area contributed by atoms with Gasteiger partial charge in [0.05, 0.1) is 31.0 Å². The monoisotopic (exact) mass is 345 g/mol. The fraction of sp³-hybridized carbons (Fsp3) is 0.125. The van der Waals surface area contributed by atoms with Crippen LogP contribution in [0.25, 0.3) is 0 Å². The van der Waals surface area contributed by atoms with E-state index in [-0.39, 0.29) is 17.0 Å². The predicted molar refractivity (Wildman–Crippen MR) is 90.8 cm³/mol. The van der Waals surface area contributed by atoms with Crippen LogP contribution in [0.1, 0.15) is 15.9 Å². The van der Waals surface area contributed by atoms with Gasteiger partial charge in [-0.15, -0.1) is 0 Å². The van der Waals surface area contributed by atoms with E-state index in [1.54, 1.807) is 6.07 Å². The molecule has 0 amide bonds. The summed E-state index contributed by atoms with van der Waals surface area (Å²) in [6.45, 7) is 0. The standard InChI is InChI=1S/C16H15N3O6/c1-24-13-8-3-10(14(16(20)21)15(13)25-2)9-17-18-11-4-6-12(7-5-11)19(22)23/h3-9,18H,1-2H3,(H,20,21)/b17-9-. The molecule has 0 fully saturated rings. The molecule has 0 aliphatic rings. The Morgan fingerprint density at radius 1 is 1.20 bits per heavy atom. The van der Waals surface area contributed by atoms with Gasteiger partial charge in [-0.25, -0.2) is 4.79 Å². The molecule has 0 bridgehead atoms. The van der Waals surface area contributed by atoms with Gasteiger partial charge in [0.25, 0.3) is 5.69 Å². The molecule has 0 atom stereocenters. The topological polar surface area (TPSA) is 123 Å². The number of aromatic carboxylic acids is 1. The third-order valence-corrected chi connectivity index (χ3v) is 3.27. The summed E-state index contributed by atoms with van der Waals surface area (Å²) in [5, 5.41) is 24.0. The van der Waals surface area contributed by atoms with Crippen molar-refractivity contribution in [2.24, 2.45) is 5.10 Å². The van der Waals surface area contributed by atoms with E-state index < -0.39 is 10.9 Å². The van der Waals surface area contributed by atoms with Crippen LogP contribution in [0.5, 0.6) is 11.5 Å². The lowest BCUT2D eigenvalue weighted by molar-refractivity contribution is -0.384. The first-order valence-corrected chi connectivity index (χ1v) is 6.99. The van der Waals surface area contributed by atoms with E-state index >= 15 is 0 Å². The molecule has 2 aromatic rings. The number of methoxy groups -OCH3 is 2. The Morgan fingerprint density at radius 3 is 2.40 bits per heavy atom. The van der Waals surface area contributed by atoms with E-state index in [0.29, 0.717) is 17.0 Å². The van der Waals surface area contributed by atoms with Crippen molar-refractivity contribution in [2.75, 3.05) is 19.6 Å². The van der Waals surface area contributed by atoms with E-state index in [1.807, 2.05) is 0 Å². The molecule has 2 aromatic carbocycles. The summed E-state index contributed by atoms with van der Waals surface area (Å²) in [4.78, 5) is 21.6. The molecule has 0 aliphatic heterocycles. The van der Waals surface area contributed by atoms with Gasteiger partial charge in [-0.3, -0.25) is 15.5 Å². The molecule has 0 unspecified atom stereocenters. The highest BCUT2D eigenvalue weighted by Gasteiger charge is 2.19. The van der Waals surface area contributed by atoms with Crippen LogP contribution in [0.3, 0.4) is 0 Å². The smallest absolute Gasteiger partial charge is 0.340 e. The van der Waals surface area contributed by atoms with Gasteiger partial charge in [-0.05, 0) is 24.3 Å². The number of carboxylic acids is 1. The van der Waals surface area contributed by atoms with Crippen molar-refractivity contribution >= 4 is 23.6 Å². The molecule has 0 radical (unpaired) electrons. The highest BCUT2D eigenvalue weighted by atomic mass is 16.6. The molecule has 0 aliphatic carbocycles. The van der Waals surface area contributed by atoms with Gasteiger partial charge in [0.15, 0.2) is 11.5 Å². The molecular formula is C16H15N3O6. The summed E-state index contributed by atoms with van der Waals surface area (Å²) < 4.78 is 10.2. The number of hydrogen-bond acceptors (Lipinski definition) is 7. The van der Waals surface area contributed by atoms with Crippen molar-refractivity contribution in [3.05, 3.63) is 57.6 Å². The van der Waals surface area contributed by atoms with Crippen LogP contribution in [0.4, 0.5) is 11.4 Å². The second kappa shape index (κ2) is 7.77. The Balaban J connectivity index is 2.25. The normalized spacial score (nSPS) is 10.5. The number of nitro groups is 1. The number of rotatable bonds is 7. The summed E-state index contributed by atoms with van der Waals surface area (Å²) in [6, 6.07) is 8.74. The third kappa shape index (κ3) is 4.02. The zero-order valence-corrected chi connectivity index (χ0v) is 13.4. The Kier molecular flexibility index (Phi) is 5.51. The van der Waals surface area contributed by atoms with Crippen LogP contribution in [-0.2, 0) is 0 Å². The van der Waals surface area contributed by atoms with Crippen LogP contribution in [0, 0.1) is 10.1 Å². The number of benzene rings is 2. The minimum absolute atomic E-state index is 0.0393. The quantitative estimate of drug-likeness (QED) is 0.449. The number of non-ortho nitro benzene ring substituents is 1. The summed E-state index contributed by atoms with van der Waals surface area (Å²) in [5.74, 6) is -0.804. The minimum Gasteiger partial charge on any atom is -0.493 e. The molecule has 0 saturated heterocycles. The Morgan fingerprint density at radius 2 is 1.88 bits per heavy atom. The number of ether oxygens (including phenoxy) is 2. The van der Waals surface area contributed by atoms with Crippen LogP contribution >= 0.6 is 0 Å². The SMILES string of the molecule is COc1ccc(/C=N\Nc2ccc([N+](=O)[O-])cc2)c(C(=O)O)c1OC. The van der Waals surface area contributed by atoms with E-state index in [9.17, 15) is 20.0 Å². The number of anilines is 1. The summed E-state index contributed by atoms with van der Waals surface area (Å²) in [7, 11) is 2.76. The second-order valence-corrected chi connectivity index (χ2v) is 4.74. The number of hydrazone groups is 1. The summed E-state index contributed by atoms with van der Waals surface area (Å²) in [6.07, 6.45) is 1.31. The van der Waals surface area contributed by atoms with Crippen molar-refractivity contribution in [3.63, 3.8) is 0 Å². The molecule has 9 nitrogen and oxygen atoms in total. The Bertz CT molecular complexity index is 817. The van der Waals surface area contributed by atoms with E-state index in [4.69, 9.17) is 9.47 Å². The van der Waals surface area contributed by atoms with Crippen molar-refractivity contribution < 1.29 is 24.3 Å². The molecule has 0 saturated carbocycles. The van der Waals surface area contributed by atoms with Crippen molar-refractivity contribution in [1.82, 2.24) is 0 Å². The summed E-state index contributed by atoms with van der Waals surface area (Å²) in [5.41, 5.74) is 3.37. The number of nitrogens with zero attached hydrogens (tertiary/aromatic N) is 2. The number of nitrogens with one attached hydrogen (secondary N) is 1. The average Bonchev–Trinajstić information content (AvgIpc) is 2.61. The Hall–Kier alpha value is -3.62. The maximum absolute atomic E-state index is 11.5. The van der Waals surface area contributed by atoms with E-state index in [0.717, 1.165) is 0 Å². The molecule has 2 rings (SSSR count). The first kappa shape index (κ1) is 17.7. The fourth-order valence-corrected chi connectivity index (χ4v) is 2.10. The molecule has 130 valence electrons. The van der Waals surface area contributed by atoms with E-state index in [2.05, 4.69) is 10.5 Å². The maximum Gasteiger partial charge on any atom is 0.340 e. The van der Waals surface area contributed by atoms with Gasteiger partial charge in [0.2, 0.25) is 0 Å². The molecule has 9 heteroatoms. The van der Waals surface area contributed by atoms with Crippen LogP contribution in [0.15, 0.2) is 41.5 Å². The Labute approximate surface area is 142 Å². The van der Waals surface area contributed by atoms with Crippen LogP contribution < -0.4 is 14.9 Å². The summed E-state index contributed by atoms with van der Waals surface area (Å²) >= 11 is 0. The van der Waals surface area contributed by atoms with Crippen LogP contribution in [-0.4, -0.2) is 36.4 Å². The van der Waals surface area contributed by atoms with Gasteiger partial charge in [-0.2, -0.15) is 5.10 Å². The zero-order chi connectivity index (χ0) is 18.4. The van der Waals surface area contributed by atoms with Crippen LogP contribution in [0.2, 0.25) is 0 Å². The van der Waals surface area contributed by atoms with Gasteiger partial charge < -0.3 is 14.6 Å². The van der Waals surface area contributed by atoms with Gasteiger partial charge >= 0.3 is 5.97 Å². The number of carboxylic acid groups (broad SMARTS) is 1. The zero-order valence-electron chi connectivity index (χ0n) is 13.4.